The van der Waals surface area contributed by atoms with Crippen LogP contribution in [0.25, 0.3) is 23.3 Å². The van der Waals surface area contributed by atoms with Gasteiger partial charge < -0.3 is 9.67 Å². The van der Waals surface area contributed by atoms with Crippen molar-refractivity contribution in [1.82, 2.24) is 4.57 Å². The molecule has 0 fully saturated rings. The fraction of sp³-hybridized carbons (Fsp3) is 0.0455. The van der Waals surface area contributed by atoms with Gasteiger partial charge in [-0.05, 0) is 35.4 Å². The van der Waals surface area contributed by atoms with Crippen LogP contribution in [0.2, 0.25) is 0 Å². The Morgan fingerprint density at radius 3 is 2.14 bits per heavy atom. The molecule has 140 valence electrons. The molecule has 3 aromatic rings. The summed E-state index contributed by atoms with van der Waals surface area (Å²) in [6.45, 7) is 8.09. The summed E-state index contributed by atoms with van der Waals surface area (Å²) in [7, 11) is 0. The molecule has 6 nitrogen and oxygen atoms in total. The largest absolute Gasteiger partial charge is 0.478 e. The Morgan fingerprint density at radius 1 is 1.04 bits per heavy atom. The molecular weight excluding hydrogens is 356 g/mol. The molecule has 1 heterocycles. The van der Waals surface area contributed by atoms with Crippen LogP contribution in [0.4, 0.5) is 5.69 Å². The van der Waals surface area contributed by atoms with E-state index < -0.39 is 10.9 Å². The van der Waals surface area contributed by atoms with Crippen molar-refractivity contribution in [3.63, 3.8) is 0 Å². The number of non-ortho nitro benzene ring substituents is 1. The number of hydrogen-bond acceptors (Lipinski definition) is 3. The molecule has 0 unspecified atom stereocenters. The van der Waals surface area contributed by atoms with Crippen molar-refractivity contribution in [1.29, 1.82) is 0 Å². The molecule has 0 aliphatic heterocycles. The van der Waals surface area contributed by atoms with Gasteiger partial charge in [-0.1, -0.05) is 43.5 Å². The Hall–Kier alpha value is -3.93. The number of benzene rings is 2. The van der Waals surface area contributed by atoms with E-state index in [1.807, 2.05) is 34.9 Å². The van der Waals surface area contributed by atoms with Gasteiger partial charge in [0.25, 0.3) is 5.69 Å². The standard InChI is InChI=1S/C22H18N2O4/c1-3-18-20(16-10-12-17(13-11-16)24(27)28)21(22(25)26)19(4-2)23(18)14-15-8-6-5-7-9-15/h3-13H,1-2,14H2,(H,25,26). The van der Waals surface area contributed by atoms with Gasteiger partial charge in [-0.25, -0.2) is 4.79 Å². The lowest BCUT2D eigenvalue weighted by Crippen LogP contribution is -2.05. The maximum Gasteiger partial charge on any atom is 0.338 e. The van der Waals surface area contributed by atoms with E-state index in [-0.39, 0.29) is 11.3 Å². The molecule has 1 N–H and O–H groups in total. The quantitative estimate of drug-likeness (QED) is 0.461. The third kappa shape index (κ3) is 3.35. The van der Waals surface area contributed by atoms with E-state index in [9.17, 15) is 20.0 Å². The first-order valence-corrected chi connectivity index (χ1v) is 8.51. The van der Waals surface area contributed by atoms with Crippen LogP contribution in [0.1, 0.15) is 27.3 Å². The van der Waals surface area contributed by atoms with Gasteiger partial charge in [-0.3, -0.25) is 10.1 Å². The first kappa shape index (κ1) is 18.8. The lowest BCUT2D eigenvalue weighted by molar-refractivity contribution is -0.384. The highest BCUT2D eigenvalue weighted by Crippen LogP contribution is 2.36. The van der Waals surface area contributed by atoms with Gasteiger partial charge in [-0.15, -0.1) is 0 Å². The molecule has 2 aromatic carbocycles. The van der Waals surface area contributed by atoms with Crippen molar-refractivity contribution in [3.8, 4) is 11.1 Å². The number of aromatic nitrogens is 1. The molecule has 0 saturated carbocycles. The number of aromatic carboxylic acids is 1. The summed E-state index contributed by atoms with van der Waals surface area (Å²) in [5, 5.41) is 20.8. The van der Waals surface area contributed by atoms with E-state index in [2.05, 4.69) is 13.2 Å². The maximum absolute atomic E-state index is 12.1. The minimum absolute atomic E-state index is 0.0616. The summed E-state index contributed by atoms with van der Waals surface area (Å²) in [4.78, 5) is 22.5. The number of nitro benzene ring substituents is 1. The zero-order valence-corrected chi connectivity index (χ0v) is 15.0. The van der Waals surface area contributed by atoms with E-state index >= 15 is 0 Å². The summed E-state index contributed by atoms with van der Waals surface area (Å²) in [5.41, 5.74) is 3.12. The fourth-order valence-electron chi connectivity index (χ4n) is 3.28. The van der Waals surface area contributed by atoms with Gasteiger partial charge >= 0.3 is 5.97 Å². The second-order valence-electron chi connectivity index (χ2n) is 6.11. The smallest absolute Gasteiger partial charge is 0.338 e. The molecule has 1 aromatic heterocycles. The van der Waals surface area contributed by atoms with Gasteiger partial charge in [-0.2, -0.15) is 0 Å². The van der Waals surface area contributed by atoms with Crippen LogP contribution in [0.15, 0.2) is 67.8 Å². The minimum atomic E-state index is -1.10. The molecule has 0 amide bonds. The van der Waals surface area contributed by atoms with Crippen LogP contribution in [-0.4, -0.2) is 20.6 Å². The zero-order chi connectivity index (χ0) is 20.3. The topological polar surface area (TPSA) is 85.4 Å². The van der Waals surface area contributed by atoms with E-state index in [1.54, 1.807) is 18.2 Å². The summed E-state index contributed by atoms with van der Waals surface area (Å²) in [6, 6.07) is 15.4. The molecule has 0 atom stereocenters. The van der Waals surface area contributed by atoms with Crippen LogP contribution in [0, 0.1) is 10.1 Å². The van der Waals surface area contributed by atoms with E-state index in [0.717, 1.165) is 5.56 Å². The molecule has 3 rings (SSSR count). The molecular formula is C22H18N2O4. The highest BCUT2D eigenvalue weighted by atomic mass is 16.6. The van der Waals surface area contributed by atoms with E-state index in [4.69, 9.17) is 0 Å². The third-order valence-corrected chi connectivity index (χ3v) is 4.49. The molecule has 0 spiro atoms. The van der Waals surface area contributed by atoms with Gasteiger partial charge in [0, 0.05) is 29.9 Å². The normalized spacial score (nSPS) is 10.4. The molecule has 28 heavy (non-hydrogen) atoms. The van der Waals surface area contributed by atoms with Crippen LogP contribution in [0.3, 0.4) is 0 Å². The van der Waals surface area contributed by atoms with Crippen LogP contribution in [-0.2, 0) is 6.54 Å². The van der Waals surface area contributed by atoms with Crippen molar-refractivity contribution in [3.05, 3.63) is 100 Å². The Balaban J connectivity index is 2.26. The van der Waals surface area contributed by atoms with Gasteiger partial charge in [0.15, 0.2) is 0 Å². The SMILES string of the molecule is C=Cc1c(C(=O)O)c(-c2ccc([N+](=O)[O-])cc2)c(C=C)n1Cc1ccccc1. The van der Waals surface area contributed by atoms with Crippen molar-refractivity contribution in [2.45, 2.75) is 6.54 Å². The second-order valence-corrected chi connectivity index (χ2v) is 6.11. The number of carbonyl (C=O) groups is 1. The highest BCUT2D eigenvalue weighted by Gasteiger charge is 2.25. The first-order valence-electron chi connectivity index (χ1n) is 8.51. The number of nitrogens with zero attached hydrogens (tertiary/aromatic N) is 2. The number of hydrogen-bond donors (Lipinski definition) is 1. The molecule has 6 heteroatoms. The fourth-order valence-corrected chi connectivity index (χ4v) is 3.28. The summed E-state index contributed by atoms with van der Waals surface area (Å²) >= 11 is 0. The van der Waals surface area contributed by atoms with Crippen LogP contribution < -0.4 is 0 Å². The monoisotopic (exact) mass is 374 g/mol. The average molecular weight is 374 g/mol. The average Bonchev–Trinajstić information content (AvgIpc) is 3.02. The molecule has 0 aliphatic carbocycles. The third-order valence-electron chi connectivity index (χ3n) is 4.49. The minimum Gasteiger partial charge on any atom is -0.478 e. The second kappa shape index (κ2) is 7.75. The Kier molecular flexibility index (Phi) is 5.22. The molecule has 0 radical (unpaired) electrons. The van der Waals surface area contributed by atoms with Crippen molar-refractivity contribution >= 4 is 23.8 Å². The molecule has 0 aliphatic rings. The van der Waals surface area contributed by atoms with Crippen molar-refractivity contribution in [2.75, 3.05) is 0 Å². The Labute approximate surface area is 161 Å². The summed E-state index contributed by atoms with van der Waals surface area (Å²) in [5.74, 6) is -1.10. The maximum atomic E-state index is 12.1. The van der Waals surface area contributed by atoms with Crippen LogP contribution in [0.5, 0.6) is 0 Å². The highest BCUT2D eigenvalue weighted by molar-refractivity contribution is 6.02. The predicted molar refractivity (Wildman–Crippen MR) is 109 cm³/mol. The zero-order valence-electron chi connectivity index (χ0n) is 15.0. The lowest BCUT2D eigenvalue weighted by Gasteiger charge is -2.11. The number of carboxylic acid groups (broad SMARTS) is 1. The summed E-state index contributed by atoms with van der Waals surface area (Å²) in [6.07, 6.45) is 3.10. The van der Waals surface area contributed by atoms with Gasteiger partial charge in [0.05, 0.1) is 16.2 Å². The molecule has 0 bridgehead atoms. The molecule has 0 saturated heterocycles. The summed E-state index contributed by atoms with van der Waals surface area (Å²) < 4.78 is 1.84. The number of carboxylic acids is 1. The lowest BCUT2D eigenvalue weighted by atomic mass is 9.99. The van der Waals surface area contributed by atoms with E-state index in [0.29, 0.717) is 29.1 Å². The van der Waals surface area contributed by atoms with E-state index in [1.165, 1.54) is 18.2 Å². The van der Waals surface area contributed by atoms with Crippen LogP contribution >= 0.6 is 0 Å². The van der Waals surface area contributed by atoms with Gasteiger partial charge in [0.2, 0.25) is 0 Å². The number of nitro groups is 1. The van der Waals surface area contributed by atoms with Crippen molar-refractivity contribution < 1.29 is 14.8 Å². The van der Waals surface area contributed by atoms with Crippen molar-refractivity contribution in [2.24, 2.45) is 0 Å². The predicted octanol–water partition coefficient (Wildman–Crippen LogP) is 5.10. The Bertz CT molecular complexity index is 1060. The van der Waals surface area contributed by atoms with Gasteiger partial charge in [0.1, 0.15) is 0 Å². The first-order chi connectivity index (χ1) is 13.5. The number of rotatable bonds is 7. The Morgan fingerprint density at radius 2 is 1.64 bits per heavy atom.